The van der Waals surface area contributed by atoms with Crippen molar-refractivity contribution >= 4 is 17.7 Å². The summed E-state index contributed by atoms with van der Waals surface area (Å²) < 4.78 is 16.7. The molecule has 7 heteroatoms. The van der Waals surface area contributed by atoms with E-state index in [1.54, 1.807) is 11.8 Å². The average Bonchev–Trinajstić information content (AvgIpc) is 3.39. The standard InChI is InChI=1S/C24H26N2O4S/c1-16-4-8-19(9-5-16)23-25-21(17(2)30-23)13-29-20-10-6-18(7-11-20)12-26-15-31-14-22(26)24(27)28-3/h4-11,22H,12-15H2,1-3H3. The largest absolute Gasteiger partial charge is 0.487 e. The summed E-state index contributed by atoms with van der Waals surface area (Å²) in [4.78, 5) is 18.6. The number of methoxy groups -OCH3 is 1. The van der Waals surface area contributed by atoms with Crippen LogP contribution in [0.25, 0.3) is 11.5 Å². The summed E-state index contributed by atoms with van der Waals surface area (Å²) >= 11 is 1.75. The summed E-state index contributed by atoms with van der Waals surface area (Å²) in [5, 5.41) is 0. The minimum absolute atomic E-state index is 0.169. The quantitative estimate of drug-likeness (QED) is 0.500. The van der Waals surface area contributed by atoms with Gasteiger partial charge in [-0.25, -0.2) is 4.98 Å². The first-order valence-electron chi connectivity index (χ1n) is 10.2. The molecule has 1 unspecified atom stereocenters. The molecule has 1 aliphatic rings. The van der Waals surface area contributed by atoms with Crippen LogP contribution in [-0.2, 0) is 22.7 Å². The molecule has 1 atom stereocenters. The lowest BCUT2D eigenvalue weighted by molar-refractivity contribution is -0.145. The van der Waals surface area contributed by atoms with E-state index < -0.39 is 0 Å². The van der Waals surface area contributed by atoms with Crippen molar-refractivity contribution in [3.05, 3.63) is 71.1 Å². The molecule has 6 nitrogen and oxygen atoms in total. The number of benzene rings is 2. The topological polar surface area (TPSA) is 64.8 Å². The molecule has 0 radical (unpaired) electrons. The van der Waals surface area contributed by atoms with Gasteiger partial charge >= 0.3 is 5.97 Å². The van der Waals surface area contributed by atoms with E-state index in [2.05, 4.69) is 16.8 Å². The van der Waals surface area contributed by atoms with Gasteiger partial charge in [-0.1, -0.05) is 29.8 Å². The van der Waals surface area contributed by atoms with Crippen LogP contribution < -0.4 is 4.74 Å². The molecular formula is C24H26N2O4S. The van der Waals surface area contributed by atoms with Gasteiger partial charge in [0.25, 0.3) is 0 Å². The molecule has 1 fully saturated rings. The number of oxazole rings is 1. The number of ether oxygens (including phenoxy) is 2. The number of thioether (sulfide) groups is 1. The second-order valence-corrected chi connectivity index (χ2v) is 8.61. The molecule has 0 spiro atoms. The molecule has 3 aromatic rings. The molecule has 2 heterocycles. The fourth-order valence-corrected chi connectivity index (χ4v) is 4.63. The molecule has 0 saturated carbocycles. The highest BCUT2D eigenvalue weighted by molar-refractivity contribution is 7.99. The van der Waals surface area contributed by atoms with Crippen LogP contribution in [0, 0.1) is 13.8 Å². The number of aryl methyl sites for hydroxylation is 2. The van der Waals surface area contributed by atoms with Gasteiger partial charge in [0.15, 0.2) is 0 Å². The van der Waals surface area contributed by atoms with E-state index in [4.69, 9.17) is 13.9 Å². The van der Waals surface area contributed by atoms with Crippen molar-refractivity contribution in [3.63, 3.8) is 0 Å². The highest BCUT2D eigenvalue weighted by Gasteiger charge is 2.31. The molecule has 162 valence electrons. The zero-order chi connectivity index (χ0) is 21.8. The van der Waals surface area contributed by atoms with Crippen molar-refractivity contribution in [1.29, 1.82) is 0 Å². The van der Waals surface area contributed by atoms with Gasteiger partial charge in [-0.15, -0.1) is 11.8 Å². The van der Waals surface area contributed by atoms with E-state index in [0.29, 0.717) is 19.0 Å². The molecule has 1 aromatic heterocycles. The zero-order valence-corrected chi connectivity index (χ0v) is 18.8. The van der Waals surface area contributed by atoms with Crippen molar-refractivity contribution in [2.24, 2.45) is 0 Å². The number of hydrogen-bond donors (Lipinski definition) is 0. The summed E-state index contributed by atoms with van der Waals surface area (Å²) in [5.41, 5.74) is 4.07. The van der Waals surface area contributed by atoms with Crippen LogP contribution in [0.4, 0.5) is 0 Å². The minimum Gasteiger partial charge on any atom is -0.487 e. The molecule has 1 saturated heterocycles. The first-order chi connectivity index (χ1) is 15.0. The van der Waals surface area contributed by atoms with Gasteiger partial charge in [-0.05, 0) is 43.7 Å². The smallest absolute Gasteiger partial charge is 0.323 e. The lowest BCUT2D eigenvalue weighted by atomic mass is 10.1. The summed E-state index contributed by atoms with van der Waals surface area (Å²) in [6.07, 6.45) is 0. The van der Waals surface area contributed by atoms with Crippen LogP contribution in [0.2, 0.25) is 0 Å². The molecule has 1 aliphatic heterocycles. The SMILES string of the molecule is COC(=O)C1CSCN1Cc1ccc(OCc2nc(-c3ccc(C)cc3)oc2C)cc1. The van der Waals surface area contributed by atoms with Crippen LogP contribution in [0.1, 0.15) is 22.6 Å². The number of carbonyl (C=O) groups is 1. The van der Waals surface area contributed by atoms with Crippen LogP contribution in [0.3, 0.4) is 0 Å². The van der Waals surface area contributed by atoms with Crippen molar-refractivity contribution in [1.82, 2.24) is 9.88 Å². The predicted molar refractivity (Wildman–Crippen MR) is 121 cm³/mol. The number of esters is 1. The summed E-state index contributed by atoms with van der Waals surface area (Å²) in [5.74, 6) is 3.56. The first kappa shape index (κ1) is 21.5. The van der Waals surface area contributed by atoms with Crippen LogP contribution in [0.15, 0.2) is 52.9 Å². The highest BCUT2D eigenvalue weighted by atomic mass is 32.2. The van der Waals surface area contributed by atoms with E-state index in [1.165, 1.54) is 12.7 Å². The van der Waals surface area contributed by atoms with Gasteiger partial charge in [0.2, 0.25) is 5.89 Å². The molecule has 0 N–H and O–H groups in total. The van der Waals surface area contributed by atoms with Gasteiger partial charge in [0.05, 0.1) is 7.11 Å². The second kappa shape index (κ2) is 9.58. The maximum Gasteiger partial charge on any atom is 0.323 e. The number of nitrogens with zero attached hydrogens (tertiary/aromatic N) is 2. The van der Waals surface area contributed by atoms with Crippen molar-refractivity contribution in [3.8, 4) is 17.2 Å². The maximum atomic E-state index is 11.9. The van der Waals surface area contributed by atoms with E-state index in [0.717, 1.165) is 40.0 Å². The fraction of sp³-hybridized carbons (Fsp3) is 0.333. The Hall–Kier alpha value is -2.77. The number of carbonyl (C=O) groups excluding carboxylic acids is 1. The highest BCUT2D eigenvalue weighted by Crippen LogP contribution is 2.26. The van der Waals surface area contributed by atoms with Crippen LogP contribution >= 0.6 is 11.8 Å². The summed E-state index contributed by atoms with van der Waals surface area (Å²) in [6.45, 7) is 5.00. The average molecular weight is 439 g/mol. The monoisotopic (exact) mass is 438 g/mol. The maximum absolute atomic E-state index is 11.9. The molecular weight excluding hydrogens is 412 g/mol. The summed E-state index contributed by atoms with van der Waals surface area (Å²) in [6, 6.07) is 15.9. The van der Waals surface area contributed by atoms with Gasteiger partial charge in [-0.2, -0.15) is 0 Å². The van der Waals surface area contributed by atoms with Gasteiger partial charge in [0.1, 0.15) is 29.9 Å². The Labute approximate surface area is 186 Å². The lowest BCUT2D eigenvalue weighted by Crippen LogP contribution is -2.38. The Kier molecular flexibility index (Phi) is 6.63. The molecule has 0 aliphatic carbocycles. The fourth-order valence-electron chi connectivity index (χ4n) is 3.44. The van der Waals surface area contributed by atoms with Crippen molar-refractivity contribution in [2.75, 3.05) is 18.7 Å². The number of aromatic nitrogens is 1. The Morgan fingerprint density at radius 1 is 1.16 bits per heavy atom. The summed E-state index contributed by atoms with van der Waals surface area (Å²) in [7, 11) is 1.44. The Balaban J connectivity index is 1.36. The third-order valence-electron chi connectivity index (χ3n) is 5.32. The van der Waals surface area contributed by atoms with Crippen LogP contribution in [-0.4, -0.2) is 40.6 Å². The molecule has 31 heavy (non-hydrogen) atoms. The van der Waals surface area contributed by atoms with Gasteiger partial charge in [0, 0.05) is 23.7 Å². The normalized spacial score (nSPS) is 16.4. The first-order valence-corrected chi connectivity index (χ1v) is 11.3. The lowest BCUT2D eigenvalue weighted by Gasteiger charge is -2.21. The Bertz CT molecular complexity index is 1030. The van der Waals surface area contributed by atoms with Gasteiger partial charge in [-0.3, -0.25) is 9.69 Å². The molecule has 0 amide bonds. The van der Waals surface area contributed by atoms with Crippen LogP contribution in [0.5, 0.6) is 5.75 Å². The van der Waals surface area contributed by atoms with Gasteiger partial charge < -0.3 is 13.9 Å². The zero-order valence-electron chi connectivity index (χ0n) is 18.0. The molecule has 4 rings (SSSR count). The Morgan fingerprint density at radius 3 is 2.61 bits per heavy atom. The van der Waals surface area contributed by atoms with E-state index in [-0.39, 0.29) is 12.0 Å². The van der Waals surface area contributed by atoms with Crippen molar-refractivity contribution in [2.45, 2.75) is 33.0 Å². The number of hydrogen-bond acceptors (Lipinski definition) is 7. The molecule has 0 bridgehead atoms. The molecule has 2 aromatic carbocycles. The third kappa shape index (κ3) is 5.11. The second-order valence-electron chi connectivity index (χ2n) is 7.61. The Morgan fingerprint density at radius 2 is 1.90 bits per heavy atom. The van der Waals surface area contributed by atoms with E-state index >= 15 is 0 Å². The van der Waals surface area contributed by atoms with E-state index in [1.807, 2.05) is 55.5 Å². The number of rotatable bonds is 7. The minimum atomic E-state index is -0.177. The van der Waals surface area contributed by atoms with Crippen molar-refractivity contribution < 1.29 is 18.7 Å². The van der Waals surface area contributed by atoms with E-state index in [9.17, 15) is 4.79 Å². The predicted octanol–water partition coefficient (Wildman–Crippen LogP) is 4.59. The third-order valence-corrected chi connectivity index (χ3v) is 6.39.